The van der Waals surface area contributed by atoms with Crippen LogP contribution in [0.15, 0.2) is 23.2 Å². The summed E-state index contributed by atoms with van der Waals surface area (Å²) < 4.78 is 28.1. The first kappa shape index (κ1) is 15.8. The van der Waals surface area contributed by atoms with Gasteiger partial charge in [0.25, 0.3) is 0 Å². The molecule has 21 heavy (non-hydrogen) atoms. The molecule has 0 saturated heterocycles. The molecule has 2 rings (SSSR count). The molecule has 1 aromatic heterocycles. The Kier molecular flexibility index (Phi) is 3.73. The number of carbonyl (C=O) groups is 1. The molecule has 1 heterocycles. The molecule has 0 aromatic carbocycles. The van der Waals surface area contributed by atoms with Crippen molar-refractivity contribution in [2.75, 3.05) is 6.26 Å². The number of alkyl carbamates (subject to hydrolysis) is 1. The summed E-state index contributed by atoms with van der Waals surface area (Å²) in [5.41, 5.74) is -0.438. The number of pyridine rings is 1. The van der Waals surface area contributed by atoms with Crippen LogP contribution >= 0.6 is 0 Å². The van der Waals surface area contributed by atoms with Crippen LogP contribution in [0.5, 0.6) is 0 Å². The molecule has 0 unspecified atom stereocenters. The third kappa shape index (κ3) is 3.93. The molecule has 1 fully saturated rings. The fraction of sp³-hybridized carbons (Fsp3) is 0.571. The summed E-state index contributed by atoms with van der Waals surface area (Å²) in [7, 11) is -3.27. The van der Waals surface area contributed by atoms with E-state index in [4.69, 9.17) is 4.74 Å². The van der Waals surface area contributed by atoms with E-state index in [1.54, 1.807) is 26.8 Å². The number of nitrogens with zero attached hydrogens (tertiary/aromatic N) is 1. The molecular weight excluding hydrogens is 292 g/mol. The van der Waals surface area contributed by atoms with Crippen LogP contribution in [-0.4, -0.2) is 31.4 Å². The molecule has 0 radical (unpaired) electrons. The number of nitrogens with one attached hydrogen (secondary N) is 1. The number of hydrogen-bond donors (Lipinski definition) is 1. The van der Waals surface area contributed by atoms with Crippen LogP contribution in [0.2, 0.25) is 0 Å². The molecule has 1 N–H and O–H groups in total. The van der Waals surface area contributed by atoms with Gasteiger partial charge >= 0.3 is 6.09 Å². The lowest BCUT2D eigenvalue weighted by molar-refractivity contribution is 0.0493. The first-order valence-corrected chi connectivity index (χ1v) is 8.59. The number of amides is 1. The third-order valence-electron chi connectivity index (χ3n) is 3.15. The molecule has 1 saturated carbocycles. The predicted octanol–water partition coefficient (Wildman–Crippen LogP) is 2.00. The zero-order valence-corrected chi connectivity index (χ0v) is 13.5. The number of hydrogen-bond acceptors (Lipinski definition) is 5. The molecule has 0 aliphatic heterocycles. The average Bonchev–Trinajstić information content (AvgIpc) is 3.06. The van der Waals surface area contributed by atoms with Crippen LogP contribution in [0, 0.1) is 0 Å². The monoisotopic (exact) mass is 312 g/mol. The molecule has 6 nitrogen and oxygen atoms in total. The molecule has 1 aliphatic carbocycles. The molecular formula is C14H20N2O4S. The Balaban J connectivity index is 2.12. The second-order valence-electron chi connectivity index (χ2n) is 6.36. The van der Waals surface area contributed by atoms with Gasteiger partial charge in [0.15, 0.2) is 9.84 Å². The van der Waals surface area contributed by atoms with E-state index < -0.39 is 27.1 Å². The standard InChI is InChI=1S/C14H20N2O4S/c1-13(2,3)20-12(17)16-14(7-8-14)11-6-5-10(9-15-11)21(4,18)19/h5-6,9H,7-8H2,1-4H3,(H,16,17). The van der Waals surface area contributed by atoms with E-state index in [2.05, 4.69) is 10.3 Å². The highest BCUT2D eigenvalue weighted by atomic mass is 32.2. The van der Waals surface area contributed by atoms with Gasteiger partial charge in [0.2, 0.25) is 0 Å². The van der Waals surface area contributed by atoms with Gasteiger partial charge in [-0.25, -0.2) is 13.2 Å². The van der Waals surface area contributed by atoms with Crippen molar-refractivity contribution in [3.8, 4) is 0 Å². The van der Waals surface area contributed by atoms with Crippen molar-refractivity contribution in [1.29, 1.82) is 0 Å². The smallest absolute Gasteiger partial charge is 0.408 e. The Morgan fingerprint density at radius 3 is 2.33 bits per heavy atom. The minimum absolute atomic E-state index is 0.166. The van der Waals surface area contributed by atoms with Crippen molar-refractivity contribution in [3.63, 3.8) is 0 Å². The third-order valence-corrected chi connectivity index (χ3v) is 4.24. The highest BCUT2D eigenvalue weighted by molar-refractivity contribution is 7.90. The maximum atomic E-state index is 11.9. The molecule has 0 spiro atoms. The molecule has 1 amide bonds. The van der Waals surface area contributed by atoms with E-state index in [9.17, 15) is 13.2 Å². The van der Waals surface area contributed by atoms with Gasteiger partial charge in [0.05, 0.1) is 16.1 Å². The van der Waals surface area contributed by atoms with Crippen molar-refractivity contribution < 1.29 is 17.9 Å². The van der Waals surface area contributed by atoms with E-state index in [0.717, 1.165) is 19.1 Å². The van der Waals surface area contributed by atoms with Gasteiger partial charge in [-0.15, -0.1) is 0 Å². The number of sulfone groups is 1. The van der Waals surface area contributed by atoms with Crippen LogP contribution in [-0.2, 0) is 20.1 Å². The first-order chi connectivity index (χ1) is 9.52. The van der Waals surface area contributed by atoms with Gasteiger partial charge in [-0.1, -0.05) is 0 Å². The van der Waals surface area contributed by atoms with E-state index in [1.807, 2.05) is 0 Å². The van der Waals surface area contributed by atoms with Gasteiger partial charge < -0.3 is 10.1 Å². The minimum atomic E-state index is -3.27. The second kappa shape index (κ2) is 4.98. The van der Waals surface area contributed by atoms with Crippen LogP contribution in [0.1, 0.15) is 39.3 Å². The number of carbonyl (C=O) groups excluding carboxylic acids is 1. The maximum absolute atomic E-state index is 11.9. The number of rotatable bonds is 3. The summed E-state index contributed by atoms with van der Waals surface area (Å²) in [5, 5.41) is 2.83. The summed E-state index contributed by atoms with van der Waals surface area (Å²) in [6.45, 7) is 5.39. The zero-order valence-electron chi connectivity index (χ0n) is 12.6. The van der Waals surface area contributed by atoms with Gasteiger partial charge in [-0.3, -0.25) is 4.98 Å². The number of aromatic nitrogens is 1. The lowest BCUT2D eigenvalue weighted by atomic mass is 10.1. The van der Waals surface area contributed by atoms with Crippen LogP contribution in [0.3, 0.4) is 0 Å². The number of ether oxygens (including phenoxy) is 1. The lowest BCUT2D eigenvalue weighted by Gasteiger charge is -2.23. The Morgan fingerprint density at radius 2 is 1.95 bits per heavy atom. The van der Waals surface area contributed by atoms with Gasteiger partial charge in [0, 0.05) is 12.5 Å². The SMILES string of the molecule is CC(C)(C)OC(=O)NC1(c2ccc(S(C)(=O)=O)cn2)CC1. The Hall–Kier alpha value is -1.63. The summed E-state index contributed by atoms with van der Waals surface area (Å²) >= 11 is 0. The maximum Gasteiger partial charge on any atom is 0.408 e. The van der Waals surface area contributed by atoms with Crippen molar-refractivity contribution in [3.05, 3.63) is 24.0 Å². The van der Waals surface area contributed by atoms with Crippen LogP contribution < -0.4 is 5.32 Å². The van der Waals surface area contributed by atoms with Gasteiger partial charge in [0.1, 0.15) is 5.60 Å². The minimum Gasteiger partial charge on any atom is -0.444 e. The van der Waals surface area contributed by atoms with E-state index >= 15 is 0 Å². The predicted molar refractivity (Wildman–Crippen MR) is 77.6 cm³/mol. The summed E-state index contributed by atoms with van der Waals surface area (Å²) in [6.07, 6.45) is 3.49. The van der Waals surface area contributed by atoms with E-state index in [0.29, 0.717) is 5.69 Å². The average molecular weight is 312 g/mol. The normalized spacial score (nSPS) is 17.1. The van der Waals surface area contributed by atoms with Crippen molar-refractivity contribution >= 4 is 15.9 Å². The second-order valence-corrected chi connectivity index (χ2v) is 8.38. The van der Waals surface area contributed by atoms with Crippen LogP contribution in [0.25, 0.3) is 0 Å². The fourth-order valence-corrected chi connectivity index (χ4v) is 2.51. The van der Waals surface area contributed by atoms with Gasteiger partial charge in [-0.2, -0.15) is 0 Å². The van der Waals surface area contributed by atoms with Crippen LogP contribution in [0.4, 0.5) is 4.79 Å². The van der Waals surface area contributed by atoms with E-state index in [1.165, 1.54) is 12.3 Å². The van der Waals surface area contributed by atoms with E-state index in [-0.39, 0.29) is 4.90 Å². The Labute approximate surface area is 124 Å². The first-order valence-electron chi connectivity index (χ1n) is 6.70. The molecule has 1 aliphatic rings. The summed E-state index contributed by atoms with van der Waals surface area (Å²) in [6, 6.07) is 3.15. The zero-order chi connectivity index (χ0) is 15.9. The Bertz CT molecular complexity index is 641. The van der Waals surface area contributed by atoms with Gasteiger partial charge in [-0.05, 0) is 45.7 Å². The van der Waals surface area contributed by atoms with Crippen molar-refractivity contribution in [1.82, 2.24) is 10.3 Å². The Morgan fingerprint density at radius 1 is 1.33 bits per heavy atom. The molecule has 1 aromatic rings. The quantitative estimate of drug-likeness (QED) is 0.922. The topological polar surface area (TPSA) is 85.4 Å². The van der Waals surface area contributed by atoms with Crippen molar-refractivity contribution in [2.24, 2.45) is 0 Å². The largest absolute Gasteiger partial charge is 0.444 e. The highest BCUT2D eigenvalue weighted by Gasteiger charge is 2.48. The molecule has 0 atom stereocenters. The molecule has 116 valence electrons. The lowest BCUT2D eigenvalue weighted by Crippen LogP contribution is -2.39. The highest BCUT2D eigenvalue weighted by Crippen LogP contribution is 2.44. The molecule has 0 bridgehead atoms. The fourth-order valence-electron chi connectivity index (χ4n) is 1.95. The van der Waals surface area contributed by atoms with Crippen molar-refractivity contribution in [2.45, 2.75) is 49.6 Å². The summed E-state index contributed by atoms with van der Waals surface area (Å²) in [5.74, 6) is 0. The molecule has 7 heteroatoms. The summed E-state index contributed by atoms with van der Waals surface area (Å²) in [4.78, 5) is 16.2.